The molecule has 0 aliphatic rings. The second-order valence-electron chi connectivity index (χ2n) is 11.3. The van der Waals surface area contributed by atoms with E-state index in [1.54, 1.807) is 0 Å². The second-order valence-corrected chi connectivity index (χ2v) is 12.8. The first-order chi connectivity index (χ1) is 19.9. The Bertz CT molecular complexity index is 1160. The fourth-order valence-electron chi connectivity index (χ4n) is 4.73. The molecular weight excluding hydrogens is 542 g/mol. The molecule has 1 aromatic rings. The number of primary amides is 1. The van der Waals surface area contributed by atoms with E-state index < -0.39 is 11.0 Å². The van der Waals surface area contributed by atoms with Crippen LogP contribution < -0.4 is 15.8 Å². The summed E-state index contributed by atoms with van der Waals surface area (Å²) in [6.07, 6.45) is 16.0. The Balaban J connectivity index is 3.13. The fraction of sp³-hybridized carbons (Fsp3) is 0.559. The van der Waals surface area contributed by atoms with Crippen LogP contribution in [0.3, 0.4) is 0 Å². The van der Waals surface area contributed by atoms with Crippen LogP contribution in [0, 0.1) is 11.8 Å². The van der Waals surface area contributed by atoms with Gasteiger partial charge in [0.2, 0.25) is 5.91 Å². The molecule has 4 unspecified atom stereocenters. The van der Waals surface area contributed by atoms with Crippen molar-refractivity contribution in [2.24, 2.45) is 22.6 Å². The Hall–Kier alpha value is -2.84. The monoisotopic (exact) mass is 597 g/mol. The van der Waals surface area contributed by atoms with Gasteiger partial charge in [-0.1, -0.05) is 57.9 Å². The van der Waals surface area contributed by atoms with Crippen molar-refractivity contribution in [2.45, 2.75) is 107 Å². The van der Waals surface area contributed by atoms with Gasteiger partial charge in [0, 0.05) is 41.4 Å². The van der Waals surface area contributed by atoms with E-state index in [9.17, 15) is 9.00 Å². The molecule has 0 aliphatic heterocycles. The number of pyridine rings is 1. The molecule has 8 heteroatoms. The van der Waals surface area contributed by atoms with E-state index in [0.717, 1.165) is 66.2 Å². The maximum atomic E-state index is 11.9. The van der Waals surface area contributed by atoms with Crippen molar-refractivity contribution < 1.29 is 9.00 Å². The van der Waals surface area contributed by atoms with Gasteiger partial charge in [-0.25, -0.2) is 13.9 Å². The van der Waals surface area contributed by atoms with Crippen LogP contribution in [-0.4, -0.2) is 32.7 Å². The highest BCUT2D eigenvalue weighted by atomic mass is 32.2. The number of nitrogens with two attached hydrogens (primary N) is 1. The van der Waals surface area contributed by atoms with Gasteiger partial charge < -0.3 is 11.1 Å². The summed E-state index contributed by atoms with van der Waals surface area (Å²) in [5.74, 6) is 1.87. The first kappa shape index (κ1) is 37.2. The summed E-state index contributed by atoms with van der Waals surface area (Å²) in [6.45, 7) is 18.5. The van der Waals surface area contributed by atoms with Gasteiger partial charge in [-0.05, 0) is 95.9 Å². The minimum atomic E-state index is -1.05. The summed E-state index contributed by atoms with van der Waals surface area (Å²) < 4.78 is 14.9. The van der Waals surface area contributed by atoms with Crippen LogP contribution in [-0.2, 0) is 15.8 Å². The minimum Gasteiger partial charge on any atom is -0.370 e. The number of carbonyl (C=O) groups excluding carboxylic acids is 1. The predicted octanol–water partition coefficient (Wildman–Crippen LogP) is 7.35. The summed E-state index contributed by atoms with van der Waals surface area (Å²) in [5.41, 5.74) is 11.5. The number of amidine groups is 1. The van der Waals surface area contributed by atoms with Crippen LogP contribution in [0.5, 0.6) is 0 Å². The van der Waals surface area contributed by atoms with E-state index >= 15 is 0 Å². The van der Waals surface area contributed by atoms with E-state index in [1.165, 1.54) is 5.57 Å². The summed E-state index contributed by atoms with van der Waals surface area (Å²) in [6, 6.07) is 4.03. The molecule has 234 valence electrons. The van der Waals surface area contributed by atoms with Gasteiger partial charge in [0.05, 0.1) is 16.7 Å². The SMILES string of the molecule is CC/C=C(\C)N=C(N/C(C)=C/C(C)NS(=O)CC)c1ccc(/C(C)=C/C=C(\C)C(CCC)CCC(C)CC(N)=O)nc1. The molecule has 7 nitrogen and oxygen atoms in total. The van der Waals surface area contributed by atoms with Crippen LogP contribution >= 0.6 is 0 Å². The zero-order chi connectivity index (χ0) is 31.7. The summed E-state index contributed by atoms with van der Waals surface area (Å²) in [5, 5.41) is 3.43. The van der Waals surface area contributed by atoms with Crippen LogP contribution in [0.4, 0.5) is 0 Å². The highest BCUT2D eigenvalue weighted by molar-refractivity contribution is 7.83. The van der Waals surface area contributed by atoms with E-state index in [0.29, 0.717) is 24.0 Å². The lowest BCUT2D eigenvalue weighted by molar-refractivity contribution is -0.118. The normalized spacial score (nSPS) is 16.6. The van der Waals surface area contributed by atoms with Crippen molar-refractivity contribution in [2.75, 3.05) is 5.75 Å². The third-order valence-corrected chi connectivity index (χ3v) is 8.22. The molecule has 0 fully saturated rings. The lowest BCUT2D eigenvalue weighted by Gasteiger charge is -2.19. The quantitative estimate of drug-likeness (QED) is 0.0933. The van der Waals surface area contributed by atoms with Gasteiger partial charge in [-0.3, -0.25) is 9.78 Å². The molecule has 0 bridgehead atoms. The van der Waals surface area contributed by atoms with E-state index in [-0.39, 0.29) is 11.9 Å². The number of amides is 1. The smallest absolute Gasteiger partial charge is 0.217 e. The van der Waals surface area contributed by atoms with Crippen LogP contribution in [0.1, 0.15) is 112 Å². The van der Waals surface area contributed by atoms with Crippen LogP contribution in [0.25, 0.3) is 5.57 Å². The lowest BCUT2D eigenvalue weighted by Crippen LogP contribution is -2.30. The van der Waals surface area contributed by atoms with Crippen molar-refractivity contribution in [1.82, 2.24) is 15.0 Å². The number of aromatic nitrogens is 1. The molecule has 4 atom stereocenters. The Morgan fingerprint density at radius 2 is 1.79 bits per heavy atom. The van der Waals surface area contributed by atoms with Crippen molar-refractivity contribution >= 4 is 28.3 Å². The molecular formula is C34H55N5O2S. The summed E-state index contributed by atoms with van der Waals surface area (Å²) in [4.78, 5) is 20.9. The van der Waals surface area contributed by atoms with E-state index in [2.05, 4.69) is 62.9 Å². The van der Waals surface area contributed by atoms with Crippen molar-refractivity contribution in [3.05, 3.63) is 70.9 Å². The van der Waals surface area contributed by atoms with Crippen LogP contribution in [0.15, 0.2) is 64.6 Å². The molecule has 0 spiro atoms. The Kier molecular flexibility index (Phi) is 17.8. The molecule has 42 heavy (non-hydrogen) atoms. The van der Waals surface area contributed by atoms with Crippen molar-refractivity contribution in [1.29, 1.82) is 0 Å². The van der Waals surface area contributed by atoms with E-state index in [1.807, 2.05) is 52.1 Å². The number of nitrogens with zero attached hydrogens (tertiary/aromatic N) is 2. The number of rotatable bonds is 18. The topological polar surface area (TPSA) is 109 Å². The Labute approximate surface area is 257 Å². The molecule has 0 aromatic carbocycles. The number of nitrogens with one attached hydrogen (secondary N) is 2. The van der Waals surface area contributed by atoms with Crippen molar-refractivity contribution in [3.8, 4) is 0 Å². The van der Waals surface area contributed by atoms with Gasteiger partial charge >= 0.3 is 0 Å². The molecule has 1 aromatic heterocycles. The first-order valence-corrected chi connectivity index (χ1v) is 16.7. The van der Waals surface area contributed by atoms with Crippen molar-refractivity contribution in [3.63, 3.8) is 0 Å². The second kappa shape index (κ2) is 20.1. The predicted molar refractivity (Wildman–Crippen MR) is 181 cm³/mol. The standard InChI is InChI=1S/C34H55N5O2S/c1-10-13-27(7)37-34(38-28(8)22-29(9)39-42(41)12-3)31-19-20-32(36-23-31)26(6)17-16-25(5)30(14-11-2)18-15-24(4)21-33(35)40/h13,16-17,19-20,22-24,29-30,39H,10-12,14-15,18,21H2,1-9H3,(H2,35,40)(H,37,38)/b25-16+,26-17+,27-13+,28-22+. The zero-order valence-electron chi connectivity index (χ0n) is 27.4. The Morgan fingerprint density at radius 1 is 1.07 bits per heavy atom. The van der Waals surface area contributed by atoms with Gasteiger partial charge in [-0.2, -0.15) is 0 Å². The van der Waals surface area contributed by atoms with Gasteiger partial charge in [0.1, 0.15) is 5.84 Å². The summed E-state index contributed by atoms with van der Waals surface area (Å²) >= 11 is 0. The largest absolute Gasteiger partial charge is 0.370 e. The molecule has 0 aliphatic carbocycles. The first-order valence-electron chi connectivity index (χ1n) is 15.4. The Morgan fingerprint density at radius 3 is 2.36 bits per heavy atom. The number of aliphatic imine (C=N–C) groups is 1. The number of carbonyl (C=O) groups is 1. The van der Waals surface area contributed by atoms with E-state index in [4.69, 9.17) is 15.7 Å². The number of hydrogen-bond acceptors (Lipinski definition) is 4. The third kappa shape index (κ3) is 14.9. The molecule has 4 N–H and O–H groups in total. The molecule has 0 radical (unpaired) electrons. The zero-order valence-corrected chi connectivity index (χ0v) is 28.2. The molecule has 1 heterocycles. The van der Waals surface area contributed by atoms with Gasteiger partial charge in [0.25, 0.3) is 0 Å². The average molecular weight is 598 g/mol. The minimum absolute atomic E-state index is 0.0490. The van der Waals surface area contributed by atoms with Gasteiger partial charge in [0.15, 0.2) is 0 Å². The summed E-state index contributed by atoms with van der Waals surface area (Å²) in [7, 11) is -1.05. The fourth-order valence-corrected chi connectivity index (χ4v) is 5.38. The lowest BCUT2D eigenvalue weighted by atomic mass is 9.87. The highest BCUT2D eigenvalue weighted by Gasteiger charge is 2.14. The number of allylic oxidation sites excluding steroid dienone is 7. The average Bonchev–Trinajstić information content (AvgIpc) is 2.93. The maximum Gasteiger partial charge on any atom is 0.217 e. The van der Waals surface area contributed by atoms with Gasteiger partial charge in [-0.15, -0.1) is 0 Å². The maximum absolute atomic E-state index is 11.9. The van der Waals surface area contributed by atoms with Crippen LogP contribution in [0.2, 0.25) is 0 Å². The molecule has 1 rings (SSSR count). The molecule has 0 saturated heterocycles. The molecule has 0 saturated carbocycles. The third-order valence-electron chi connectivity index (χ3n) is 7.06. The highest BCUT2D eigenvalue weighted by Crippen LogP contribution is 2.26. The molecule has 1 amide bonds. The number of hydrogen-bond donors (Lipinski definition) is 3.